The molecule has 4 heteroatoms. The van der Waals surface area contributed by atoms with Crippen molar-refractivity contribution in [2.75, 3.05) is 5.32 Å². The number of nitrogens with one attached hydrogen (secondary N) is 1. The molecule has 1 fully saturated rings. The molecule has 1 aromatic heterocycles. The van der Waals surface area contributed by atoms with E-state index in [-0.39, 0.29) is 11.3 Å². The number of hydrogen-bond acceptors (Lipinski definition) is 3. The predicted octanol–water partition coefficient (Wildman–Crippen LogP) is 4.18. The summed E-state index contributed by atoms with van der Waals surface area (Å²) in [5.41, 5.74) is 0.806. The highest BCUT2D eigenvalue weighted by atomic mass is 32.1. The standard InChI is InChI=1S/C14H22N2OS/c1-14(2,3)12(17)16-13-15-11(9-18-13)10-7-5-4-6-8-10/h9-10H,4-8H2,1-3H3,(H,15,16,17). The molecule has 0 unspecified atom stereocenters. The van der Waals surface area contributed by atoms with Crippen molar-refractivity contribution in [3.05, 3.63) is 11.1 Å². The van der Waals surface area contributed by atoms with Gasteiger partial charge in [-0.3, -0.25) is 4.79 Å². The molecule has 1 N–H and O–H groups in total. The number of aromatic nitrogens is 1. The summed E-state index contributed by atoms with van der Waals surface area (Å²) in [4.78, 5) is 16.4. The third-order valence-electron chi connectivity index (χ3n) is 3.45. The van der Waals surface area contributed by atoms with Crippen LogP contribution < -0.4 is 5.32 Å². The maximum Gasteiger partial charge on any atom is 0.231 e. The molecule has 18 heavy (non-hydrogen) atoms. The highest BCUT2D eigenvalue weighted by Crippen LogP contribution is 2.34. The second-order valence-corrected chi connectivity index (χ2v) is 6.97. The topological polar surface area (TPSA) is 42.0 Å². The summed E-state index contributed by atoms with van der Waals surface area (Å²) < 4.78 is 0. The van der Waals surface area contributed by atoms with E-state index in [2.05, 4.69) is 15.7 Å². The summed E-state index contributed by atoms with van der Waals surface area (Å²) in [5.74, 6) is 0.641. The molecular formula is C14H22N2OS. The van der Waals surface area contributed by atoms with Gasteiger partial charge in [-0.1, -0.05) is 40.0 Å². The average molecular weight is 266 g/mol. The van der Waals surface area contributed by atoms with Crippen LogP contribution in [-0.4, -0.2) is 10.9 Å². The van der Waals surface area contributed by atoms with Crippen LogP contribution in [-0.2, 0) is 4.79 Å². The van der Waals surface area contributed by atoms with Gasteiger partial charge in [0, 0.05) is 16.7 Å². The van der Waals surface area contributed by atoms with E-state index in [1.807, 2.05) is 20.8 Å². The number of hydrogen-bond donors (Lipinski definition) is 1. The highest BCUT2D eigenvalue weighted by Gasteiger charge is 2.23. The van der Waals surface area contributed by atoms with E-state index in [0.717, 1.165) is 5.13 Å². The lowest BCUT2D eigenvalue weighted by Crippen LogP contribution is -2.27. The van der Waals surface area contributed by atoms with Gasteiger partial charge in [0.05, 0.1) is 5.69 Å². The van der Waals surface area contributed by atoms with E-state index < -0.39 is 0 Å². The number of carbonyl (C=O) groups excluding carboxylic acids is 1. The monoisotopic (exact) mass is 266 g/mol. The molecule has 1 aliphatic carbocycles. The van der Waals surface area contributed by atoms with Gasteiger partial charge < -0.3 is 5.32 Å². The lowest BCUT2D eigenvalue weighted by molar-refractivity contribution is -0.123. The van der Waals surface area contributed by atoms with E-state index in [0.29, 0.717) is 5.92 Å². The van der Waals surface area contributed by atoms with E-state index in [1.165, 1.54) is 37.8 Å². The van der Waals surface area contributed by atoms with Crippen molar-refractivity contribution in [3.63, 3.8) is 0 Å². The molecule has 3 nitrogen and oxygen atoms in total. The van der Waals surface area contributed by atoms with Crippen molar-refractivity contribution in [3.8, 4) is 0 Å². The van der Waals surface area contributed by atoms with E-state index in [9.17, 15) is 4.79 Å². The number of amides is 1. The first-order valence-corrected chi connectivity index (χ1v) is 7.61. The van der Waals surface area contributed by atoms with Crippen molar-refractivity contribution >= 4 is 22.4 Å². The molecule has 1 aromatic rings. The van der Waals surface area contributed by atoms with Gasteiger partial charge >= 0.3 is 0 Å². The Morgan fingerprint density at radius 2 is 2.00 bits per heavy atom. The van der Waals surface area contributed by atoms with Gasteiger partial charge in [0.25, 0.3) is 0 Å². The highest BCUT2D eigenvalue weighted by molar-refractivity contribution is 7.13. The summed E-state index contributed by atoms with van der Waals surface area (Å²) in [6, 6.07) is 0. The van der Waals surface area contributed by atoms with Crippen LogP contribution in [0, 0.1) is 5.41 Å². The average Bonchev–Trinajstić information content (AvgIpc) is 2.77. The Hall–Kier alpha value is -0.900. The fraction of sp³-hybridized carbons (Fsp3) is 0.714. The summed E-state index contributed by atoms with van der Waals surface area (Å²) >= 11 is 1.54. The Morgan fingerprint density at radius 3 is 2.61 bits per heavy atom. The molecule has 100 valence electrons. The van der Waals surface area contributed by atoms with Crippen LogP contribution in [0.15, 0.2) is 5.38 Å². The molecule has 0 aromatic carbocycles. The largest absolute Gasteiger partial charge is 0.302 e. The van der Waals surface area contributed by atoms with Gasteiger partial charge in [-0.25, -0.2) is 4.98 Å². The molecule has 0 radical (unpaired) electrons. The number of nitrogens with zero attached hydrogens (tertiary/aromatic N) is 1. The third kappa shape index (κ3) is 3.31. The molecule has 1 aliphatic rings. The van der Waals surface area contributed by atoms with Crippen molar-refractivity contribution in [1.82, 2.24) is 4.98 Å². The zero-order chi connectivity index (χ0) is 13.2. The van der Waals surface area contributed by atoms with Crippen LogP contribution in [0.25, 0.3) is 0 Å². The summed E-state index contributed by atoms with van der Waals surface area (Å²) in [6.07, 6.45) is 6.47. The van der Waals surface area contributed by atoms with Gasteiger partial charge in [0.15, 0.2) is 5.13 Å². The van der Waals surface area contributed by atoms with Gasteiger partial charge in [-0.05, 0) is 12.8 Å². The zero-order valence-corrected chi connectivity index (χ0v) is 12.3. The Balaban J connectivity index is 1.99. The number of thiazole rings is 1. The summed E-state index contributed by atoms with van der Waals surface area (Å²) in [6.45, 7) is 5.74. The van der Waals surface area contributed by atoms with Crippen LogP contribution in [0.5, 0.6) is 0 Å². The first-order valence-electron chi connectivity index (χ1n) is 6.74. The first-order chi connectivity index (χ1) is 8.47. The van der Waals surface area contributed by atoms with Crippen LogP contribution in [0.1, 0.15) is 64.5 Å². The molecule has 1 heterocycles. The van der Waals surface area contributed by atoms with Gasteiger partial charge in [-0.15, -0.1) is 11.3 Å². The van der Waals surface area contributed by atoms with Gasteiger partial charge in [-0.2, -0.15) is 0 Å². The lowest BCUT2D eigenvalue weighted by atomic mass is 9.87. The van der Waals surface area contributed by atoms with Crippen LogP contribution in [0.4, 0.5) is 5.13 Å². The second kappa shape index (κ2) is 5.39. The van der Waals surface area contributed by atoms with Crippen LogP contribution in [0.2, 0.25) is 0 Å². The molecule has 0 spiro atoms. The number of anilines is 1. The second-order valence-electron chi connectivity index (χ2n) is 6.12. The summed E-state index contributed by atoms with van der Waals surface area (Å²) in [7, 11) is 0. The Labute approximate surface area is 113 Å². The van der Waals surface area contributed by atoms with Crippen molar-refractivity contribution in [2.24, 2.45) is 5.41 Å². The normalized spacial score (nSPS) is 17.7. The van der Waals surface area contributed by atoms with Crippen LogP contribution in [0.3, 0.4) is 0 Å². The summed E-state index contributed by atoms with van der Waals surface area (Å²) in [5, 5.41) is 5.76. The maximum absolute atomic E-state index is 11.9. The van der Waals surface area contributed by atoms with Crippen molar-refractivity contribution in [1.29, 1.82) is 0 Å². The smallest absolute Gasteiger partial charge is 0.231 e. The molecule has 1 saturated carbocycles. The van der Waals surface area contributed by atoms with E-state index >= 15 is 0 Å². The Kier molecular flexibility index (Phi) is 4.05. The van der Waals surface area contributed by atoms with Crippen LogP contribution >= 0.6 is 11.3 Å². The number of rotatable bonds is 2. The minimum atomic E-state index is -0.364. The van der Waals surface area contributed by atoms with Crippen molar-refractivity contribution in [2.45, 2.75) is 58.8 Å². The Bertz CT molecular complexity index is 414. The lowest BCUT2D eigenvalue weighted by Gasteiger charge is -2.19. The van der Waals surface area contributed by atoms with Crippen molar-refractivity contribution < 1.29 is 4.79 Å². The van der Waals surface area contributed by atoms with Gasteiger partial charge in [0.2, 0.25) is 5.91 Å². The maximum atomic E-state index is 11.9. The SMILES string of the molecule is CC(C)(C)C(=O)Nc1nc(C2CCCCC2)cs1. The quantitative estimate of drug-likeness (QED) is 0.872. The molecule has 0 bridgehead atoms. The molecule has 0 saturated heterocycles. The minimum absolute atomic E-state index is 0.0343. The first kappa shape index (κ1) is 13.5. The van der Waals surface area contributed by atoms with E-state index in [1.54, 1.807) is 11.3 Å². The zero-order valence-electron chi connectivity index (χ0n) is 11.5. The molecule has 0 aliphatic heterocycles. The third-order valence-corrected chi connectivity index (χ3v) is 4.22. The van der Waals surface area contributed by atoms with E-state index in [4.69, 9.17) is 0 Å². The predicted molar refractivity (Wildman–Crippen MR) is 76.0 cm³/mol. The fourth-order valence-corrected chi connectivity index (χ4v) is 3.00. The molecular weight excluding hydrogens is 244 g/mol. The minimum Gasteiger partial charge on any atom is -0.302 e. The van der Waals surface area contributed by atoms with Gasteiger partial charge in [0.1, 0.15) is 0 Å². The molecule has 2 rings (SSSR count). The Morgan fingerprint density at radius 1 is 1.33 bits per heavy atom. The molecule has 1 amide bonds. The number of carbonyl (C=O) groups is 1. The fourth-order valence-electron chi connectivity index (χ4n) is 2.21. The molecule has 0 atom stereocenters.